The van der Waals surface area contributed by atoms with Gasteiger partial charge in [0.1, 0.15) is 11.6 Å². The van der Waals surface area contributed by atoms with Gasteiger partial charge in [-0.25, -0.2) is 4.98 Å². The molecule has 1 fully saturated rings. The van der Waals surface area contributed by atoms with E-state index in [-0.39, 0.29) is 11.7 Å². The van der Waals surface area contributed by atoms with Crippen molar-refractivity contribution >= 4 is 5.91 Å². The van der Waals surface area contributed by atoms with Crippen molar-refractivity contribution in [3.63, 3.8) is 0 Å². The van der Waals surface area contributed by atoms with Crippen molar-refractivity contribution in [2.45, 2.75) is 38.6 Å². The lowest BCUT2D eigenvalue weighted by atomic mass is 9.95. The summed E-state index contributed by atoms with van der Waals surface area (Å²) in [5.41, 5.74) is 1.38. The van der Waals surface area contributed by atoms with Crippen LogP contribution in [0.2, 0.25) is 0 Å². The lowest BCUT2D eigenvalue weighted by Crippen LogP contribution is -2.38. The molecule has 27 heavy (non-hydrogen) atoms. The normalized spacial score (nSPS) is 15.5. The number of carbonyl (C=O) groups is 1. The number of hydrogen-bond acceptors (Lipinski definition) is 4. The maximum atomic E-state index is 12.8. The number of aromatic nitrogens is 2. The lowest BCUT2D eigenvalue weighted by molar-refractivity contribution is 0.0707. The Hall–Kier alpha value is -2.34. The van der Waals surface area contributed by atoms with Crippen LogP contribution in [0.5, 0.6) is 5.75 Å². The Morgan fingerprint density at radius 3 is 2.74 bits per heavy atom. The van der Waals surface area contributed by atoms with E-state index in [1.807, 2.05) is 24.1 Å². The average molecular weight is 370 g/mol. The van der Waals surface area contributed by atoms with Crippen LogP contribution in [0.4, 0.5) is 0 Å². The first-order valence-electron chi connectivity index (χ1n) is 9.70. The van der Waals surface area contributed by atoms with Crippen molar-refractivity contribution in [2.24, 2.45) is 0 Å². The number of likely N-dealkylation sites (tertiary alicyclic amines) is 1. The highest BCUT2D eigenvalue weighted by atomic mass is 16.3. The van der Waals surface area contributed by atoms with Gasteiger partial charge in [-0.05, 0) is 59.0 Å². The van der Waals surface area contributed by atoms with E-state index in [0.717, 1.165) is 43.7 Å². The first-order chi connectivity index (χ1) is 13.0. The third-order valence-corrected chi connectivity index (χ3v) is 5.28. The minimum Gasteiger partial charge on any atom is -0.507 e. The van der Waals surface area contributed by atoms with Crippen molar-refractivity contribution in [1.29, 1.82) is 0 Å². The molecule has 1 aliphatic heterocycles. The highest BCUT2D eigenvalue weighted by molar-refractivity contribution is 5.97. The van der Waals surface area contributed by atoms with Crippen molar-refractivity contribution in [3.8, 4) is 5.75 Å². The Kier molecular flexibility index (Phi) is 6.16. The van der Waals surface area contributed by atoms with Crippen LogP contribution >= 0.6 is 0 Å². The molecular formula is C21H30N4O2. The van der Waals surface area contributed by atoms with Gasteiger partial charge in [-0.1, -0.05) is 11.6 Å². The van der Waals surface area contributed by atoms with Gasteiger partial charge in [0, 0.05) is 37.9 Å². The number of hydrogen-bond donors (Lipinski definition) is 1. The summed E-state index contributed by atoms with van der Waals surface area (Å²) in [5, 5.41) is 10.0. The van der Waals surface area contributed by atoms with Crippen LogP contribution < -0.4 is 0 Å². The fourth-order valence-electron chi connectivity index (χ4n) is 3.76. The maximum absolute atomic E-state index is 12.8. The molecule has 1 aromatic heterocycles. The van der Waals surface area contributed by atoms with Gasteiger partial charge in [0.15, 0.2) is 0 Å². The minimum atomic E-state index is -0.0797. The smallest absolute Gasteiger partial charge is 0.257 e. The molecule has 2 heterocycles. The molecule has 1 saturated heterocycles. The van der Waals surface area contributed by atoms with Gasteiger partial charge in [0.05, 0.1) is 5.56 Å². The molecule has 0 atom stereocenters. The van der Waals surface area contributed by atoms with E-state index in [9.17, 15) is 9.90 Å². The molecule has 2 aromatic rings. The fraction of sp³-hybridized carbons (Fsp3) is 0.524. The summed E-state index contributed by atoms with van der Waals surface area (Å²) in [7, 11) is 4.18. The van der Waals surface area contributed by atoms with E-state index in [2.05, 4.69) is 34.7 Å². The SMILES string of the molecule is Cc1ccc(O)c(C(=O)N2CCC(c3nccn3CCCN(C)C)CC2)c1. The average Bonchev–Trinajstić information content (AvgIpc) is 3.11. The molecule has 3 rings (SSSR count). The van der Waals surface area contributed by atoms with Crippen molar-refractivity contribution in [2.75, 3.05) is 33.7 Å². The Morgan fingerprint density at radius 1 is 1.30 bits per heavy atom. The topological polar surface area (TPSA) is 61.6 Å². The highest BCUT2D eigenvalue weighted by Gasteiger charge is 2.28. The number of rotatable bonds is 6. The molecule has 0 spiro atoms. The molecule has 0 unspecified atom stereocenters. The van der Waals surface area contributed by atoms with Crippen LogP contribution in [0.15, 0.2) is 30.6 Å². The lowest BCUT2D eigenvalue weighted by Gasteiger charge is -2.32. The summed E-state index contributed by atoms with van der Waals surface area (Å²) in [4.78, 5) is 21.4. The van der Waals surface area contributed by atoms with Crippen LogP contribution in [-0.4, -0.2) is 64.1 Å². The molecule has 0 bridgehead atoms. The third kappa shape index (κ3) is 4.69. The largest absolute Gasteiger partial charge is 0.507 e. The second-order valence-electron chi connectivity index (χ2n) is 7.72. The second kappa shape index (κ2) is 8.57. The summed E-state index contributed by atoms with van der Waals surface area (Å²) in [6, 6.07) is 5.18. The number of phenolic OH excluding ortho intramolecular Hbond substituents is 1. The van der Waals surface area contributed by atoms with Gasteiger partial charge < -0.3 is 19.5 Å². The van der Waals surface area contributed by atoms with Crippen molar-refractivity contribution in [3.05, 3.63) is 47.5 Å². The van der Waals surface area contributed by atoms with Crippen LogP contribution in [0.1, 0.15) is 46.9 Å². The van der Waals surface area contributed by atoms with Gasteiger partial charge in [0.25, 0.3) is 5.91 Å². The van der Waals surface area contributed by atoms with Gasteiger partial charge in [-0.15, -0.1) is 0 Å². The van der Waals surface area contributed by atoms with E-state index in [1.165, 1.54) is 0 Å². The highest BCUT2D eigenvalue weighted by Crippen LogP contribution is 2.29. The van der Waals surface area contributed by atoms with E-state index in [1.54, 1.807) is 12.1 Å². The number of amides is 1. The monoisotopic (exact) mass is 370 g/mol. The number of phenols is 1. The molecule has 1 N–H and O–H groups in total. The van der Waals surface area contributed by atoms with Gasteiger partial charge >= 0.3 is 0 Å². The molecule has 6 nitrogen and oxygen atoms in total. The first kappa shape index (κ1) is 19.4. The van der Waals surface area contributed by atoms with Crippen LogP contribution in [0, 0.1) is 6.92 Å². The molecule has 0 radical (unpaired) electrons. The quantitative estimate of drug-likeness (QED) is 0.849. The Labute approximate surface area is 161 Å². The number of aryl methyl sites for hydroxylation is 2. The fourth-order valence-corrected chi connectivity index (χ4v) is 3.76. The number of imidazole rings is 1. The molecule has 146 valence electrons. The summed E-state index contributed by atoms with van der Waals surface area (Å²) in [6.07, 6.45) is 6.85. The van der Waals surface area contributed by atoms with Crippen LogP contribution in [0.25, 0.3) is 0 Å². The van der Waals surface area contributed by atoms with Crippen molar-refractivity contribution < 1.29 is 9.90 Å². The molecule has 1 amide bonds. The maximum Gasteiger partial charge on any atom is 0.257 e. The predicted molar refractivity (Wildman–Crippen MR) is 106 cm³/mol. The van der Waals surface area contributed by atoms with Gasteiger partial charge in [-0.2, -0.15) is 0 Å². The third-order valence-electron chi connectivity index (χ3n) is 5.28. The summed E-state index contributed by atoms with van der Waals surface area (Å²) in [5.74, 6) is 1.50. The van der Waals surface area contributed by atoms with E-state index in [0.29, 0.717) is 24.6 Å². The minimum absolute atomic E-state index is 0.0594. The second-order valence-corrected chi connectivity index (χ2v) is 7.72. The first-order valence-corrected chi connectivity index (χ1v) is 9.70. The molecule has 1 aliphatic rings. The van der Waals surface area contributed by atoms with E-state index >= 15 is 0 Å². The summed E-state index contributed by atoms with van der Waals surface area (Å²) < 4.78 is 2.26. The molecule has 6 heteroatoms. The standard InChI is InChI=1S/C21H30N4O2/c1-16-5-6-19(26)18(15-16)21(27)25-12-7-17(8-13-25)20-22-9-14-24(20)11-4-10-23(2)3/h5-6,9,14-15,17,26H,4,7-8,10-13H2,1-3H3. The number of benzene rings is 1. The zero-order chi connectivity index (χ0) is 19.4. The predicted octanol–water partition coefficient (Wildman–Crippen LogP) is 2.87. The number of nitrogens with zero attached hydrogens (tertiary/aromatic N) is 4. The number of piperidine rings is 1. The van der Waals surface area contributed by atoms with E-state index in [4.69, 9.17) is 0 Å². The number of carbonyl (C=O) groups excluding carboxylic acids is 1. The number of aromatic hydroxyl groups is 1. The van der Waals surface area contributed by atoms with Crippen LogP contribution in [-0.2, 0) is 6.54 Å². The zero-order valence-electron chi connectivity index (χ0n) is 16.6. The molecule has 0 aliphatic carbocycles. The van der Waals surface area contributed by atoms with Crippen molar-refractivity contribution in [1.82, 2.24) is 19.4 Å². The van der Waals surface area contributed by atoms with E-state index < -0.39 is 0 Å². The zero-order valence-corrected chi connectivity index (χ0v) is 16.6. The Morgan fingerprint density at radius 2 is 2.04 bits per heavy atom. The van der Waals surface area contributed by atoms with Crippen LogP contribution in [0.3, 0.4) is 0 Å². The molecular weight excluding hydrogens is 340 g/mol. The summed E-state index contributed by atoms with van der Waals surface area (Å²) >= 11 is 0. The van der Waals surface area contributed by atoms with Gasteiger partial charge in [0.2, 0.25) is 0 Å². The molecule has 1 aromatic carbocycles. The Balaban J connectivity index is 1.60. The summed E-state index contributed by atoms with van der Waals surface area (Å²) in [6.45, 7) is 5.36. The molecule has 0 saturated carbocycles. The Bertz CT molecular complexity index is 776. The van der Waals surface area contributed by atoms with Gasteiger partial charge in [-0.3, -0.25) is 4.79 Å².